The number of benzene rings is 1. The average molecular weight is 350 g/mol. The zero-order valence-electron chi connectivity index (χ0n) is 13.5. The molecule has 2 aromatic heterocycles. The third-order valence-corrected chi connectivity index (χ3v) is 3.96. The molecule has 0 bridgehead atoms. The molecule has 4 rings (SSSR count). The van der Waals surface area contributed by atoms with Crippen molar-refractivity contribution in [3.8, 4) is 11.6 Å². The van der Waals surface area contributed by atoms with Crippen LogP contribution in [0.4, 0.5) is 5.69 Å². The highest BCUT2D eigenvalue weighted by atomic mass is 16.5. The second kappa shape index (κ2) is 6.71. The van der Waals surface area contributed by atoms with Gasteiger partial charge in [-0.05, 0) is 17.7 Å². The first kappa shape index (κ1) is 15.9. The summed E-state index contributed by atoms with van der Waals surface area (Å²) in [7, 11) is 0. The van der Waals surface area contributed by atoms with Crippen molar-refractivity contribution >= 4 is 17.5 Å². The maximum atomic E-state index is 12.6. The van der Waals surface area contributed by atoms with Crippen LogP contribution in [0.1, 0.15) is 23.8 Å². The van der Waals surface area contributed by atoms with Crippen LogP contribution in [0.2, 0.25) is 0 Å². The molecule has 2 amide bonds. The number of amides is 2. The average Bonchev–Trinajstić information content (AvgIpc) is 3.15. The van der Waals surface area contributed by atoms with Gasteiger partial charge in [0.15, 0.2) is 0 Å². The highest BCUT2D eigenvalue weighted by Crippen LogP contribution is 2.32. The van der Waals surface area contributed by atoms with Gasteiger partial charge in [0.2, 0.25) is 29.4 Å². The summed E-state index contributed by atoms with van der Waals surface area (Å²) in [5.41, 5.74) is 1.44. The number of carbonyl (C=O) groups excluding carboxylic acids is 2. The lowest BCUT2D eigenvalue weighted by Gasteiger charge is -2.24. The molecule has 1 aliphatic rings. The number of carbonyl (C=O) groups is 2. The van der Waals surface area contributed by atoms with Crippen LogP contribution in [0.15, 0.2) is 47.2 Å². The molecule has 2 N–H and O–H groups in total. The lowest BCUT2D eigenvalue weighted by atomic mass is 9.90. The van der Waals surface area contributed by atoms with E-state index in [9.17, 15) is 9.59 Å². The van der Waals surface area contributed by atoms with Gasteiger partial charge < -0.3 is 15.2 Å². The van der Waals surface area contributed by atoms with Gasteiger partial charge in [-0.25, -0.2) is 9.97 Å². The minimum atomic E-state index is -0.556. The van der Waals surface area contributed by atoms with Crippen LogP contribution in [0.5, 0.6) is 0 Å². The van der Waals surface area contributed by atoms with E-state index in [0.29, 0.717) is 11.5 Å². The Balaban J connectivity index is 1.45. The molecule has 1 aliphatic heterocycles. The molecule has 3 aromatic rings. The molecular weight excluding hydrogens is 336 g/mol. The van der Waals surface area contributed by atoms with Crippen molar-refractivity contribution in [3.63, 3.8) is 0 Å². The maximum Gasteiger partial charge on any atom is 0.246 e. The fraction of sp³-hybridized carbons (Fsp3) is 0.176. The summed E-state index contributed by atoms with van der Waals surface area (Å²) in [6.45, 7) is 0.0545. The third kappa shape index (κ3) is 3.14. The lowest BCUT2D eigenvalue weighted by Crippen LogP contribution is -2.34. The van der Waals surface area contributed by atoms with E-state index in [2.05, 4.69) is 30.7 Å². The Kier molecular flexibility index (Phi) is 4.10. The number of rotatable bonds is 4. The number of aromatic nitrogens is 4. The quantitative estimate of drug-likeness (QED) is 0.726. The first-order valence-electron chi connectivity index (χ1n) is 7.97. The van der Waals surface area contributed by atoms with E-state index >= 15 is 0 Å². The summed E-state index contributed by atoms with van der Waals surface area (Å²) in [6.07, 6.45) is 3.24. The Morgan fingerprint density at radius 3 is 2.85 bits per heavy atom. The lowest BCUT2D eigenvalue weighted by molar-refractivity contribution is -0.126. The third-order valence-electron chi connectivity index (χ3n) is 3.96. The Morgan fingerprint density at radius 2 is 2.00 bits per heavy atom. The van der Waals surface area contributed by atoms with Crippen LogP contribution in [-0.2, 0) is 16.1 Å². The first-order valence-corrected chi connectivity index (χ1v) is 7.97. The summed E-state index contributed by atoms with van der Waals surface area (Å²) in [4.78, 5) is 36.6. The molecule has 0 saturated heterocycles. The van der Waals surface area contributed by atoms with Gasteiger partial charge in [-0.2, -0.15) is 4.98 Å². The normalized spacial score (nSPS) is 15.8. The molecule has 0 radical (unpaired) electrons. The molecule has 1 atom stereocenters. The number of nitrogens with one attached hydrogen (secondary N) is 2. The van der Waals surface area contributed by atoms with E-state index in [4.69, 9.17) is 4.52 Å². The highest BCUT2D eigenvalue weighted by Gasteiger charge is 2.30. The highest BCUT2D eigenvalue weighted by molar-refractivity contribution is 6.01. The number of fused-ring (bicyclic) bond motifs is 1. The Morgan fingerprint density at radius 1 is 1.19 bits per heavy atom. The number of hydrogen-bond donors (Lipinski definition) is 2. The summed E-state index contributed by atoms with van der Waals surface area (Å²) in [6, 6.07) is 8.93. The van der Waals surface area contributed by atoms with Gasteiger partial charge in [0.05, 0.1) is 12.5 Å². The van der Waals surface area contributed by atoms with Gasteiger partial charge in [-0.1, -0.05) is 23.4 Å². The summed E-state index contributed by atoms with van der Waals surface area (Å²) >= 11 is 0. The summed E-state index contributed by atoms with van der Waals surface area (Å²) in [5, 5.41) is 9.30. The molecule has 0 aliphatic carbocycles. The zero-order valence-corrected chi connectivity index (χ0v) is 13.5. The molecule has 1 unspecified atom stereocenters. The molecule has 0 saturated carbocycles. The van der Waals surface area contributed by atoms with Crippen molar-refractivity contribution in [2.75, 3.05) is 5.32 Å². The topological polar surface area (TPSA) is 123 Å². The minimum Gasteiger partial charge on any atom is -0.346 e. The second-order valence-corrected chi connectivity index (χ2v) is 5.69. The largest absolute Gasteiger partial charge is 0.346 e. The predicted molar refractivity (Wildman–Crippen MR) is 89.6 cm³/mol. The van der Waals surface area contributed by atoms with Gasteiger partial charge in [0.1, 0.15) is 0 Å². The number of nitrogens with zero attached hydrogens (tertiary/aromatic N) is 4. The molecule has 0 spiro atoms. The molecule has 26 heavy (non-hydrogen) atoms. The molecule has 130 valence electrons. The van der Waals surface area contributed by atoms with Crippen LogP contribution in [-0.4, -0.2) is 31.9 Å². The van der Waals surface area contributed by atoms with Crippen LogP contribution in [0, 0.1) is 0 Å². The van der Waals surface area contributed by atoms with Crippen molar-refractivity contribution in [2.45, 2.75) is 18.9 Å². The van der Waals surface area contributed by atoms with E-state index in [-0.39, 0.29) is 36.5 Å². The van der Waals surface area contributed by atoms with Crippen molar-refractivity contribution in [1.29, 1.82) is 0 Å². The van der Waals surface area contributed by atoms with Crippen LogP contribution < -0.4 is 10.6 Å². The molecule has 1 aromatic carbocycles. The SMILES string of the molecule is O=C1CC(C(=O)NCc2nc(-c3ncccn3)no2)c2ccccc2N1. The maximum absolute atomic E-state index is 12.6. The van der Waals surface area contributed by atoms with Gasteiger partial charge >= 0.3 is 0 Å². The van der Waals surface area contributed by atoms with Crippen molar-refractivity contribution in [3.05, 3.63) is 54.2 Å². The smallest absolute Gasteiger partial charge is 0.246 e. The zero-order chi connectivity index (χ0) is 17.9. The minimum absolute atomic E-state index is 0.0545. The first-order chi connectivity index (χ1) is 12.7. The van der Waals surface area contributed by atoms with E-state index < -0.39 is 5.92 Å². The van der Waals surface area contributed by atoms with E-state index in [1.807, 2.05) is 18.2 Å². The molecule has 3 heterocycles. The summed E-state index contributed by atoms with van der Waals surface area (Å²) in [5.74, 6) is -0.203. The number of anilines is 1. The molecular formula is C17H14N6O3. The van der Waals surface area contributed by atoms with Crippen molar-refractivity contribution in [2.24, 2.45) is 0 Å². The second-order valence-electron chi connectivity index (χ2n) is 5.69. The summed E-state index contributed by atoms with van der Waals surface area (Å²) < 4.78 is 5.11. The molecule has 0 fully saturated rings. The Hall–Kier alpha value is -3.62. The Labute approximate surface area is 147 Å². The van der Waals surface area contributed by atoms with Gasteiger partial charge in [-0.15, -0.1) is 0 Å². The van der Waals surface area contributed by atoms with Crippen molar-refractivity contribution in [1.82, 2.24) is 25.4 Å². The van der Waals surface area contributed by atoms with E-state index in [0.717, 1.165) is 5.56 Å². The Bertz CT molecular complexity index is 956. The van der Waals surface area contributed by atoms with E-state index in [1.54, 1.807) is 24.5 Å². The van der Waals surface area contributed by atoms with Crippen LogP contribution in [0.25, 0.3) is 11.6 Å². The predicted octanol–water partition coefficient (Wildman–Crippen LogP) is 1.27. The van der Waals surface area contributed by atoms with Crippen molar-refractivity contribution < 1.29 is 14.1 Å². The van der Waals surface area contributed by atoms with Crippen LogP contribution >= 0.6 is 0 Å². The number of hydrogen-bond acceptors (Lipinski definition) is 7. The fourth-order valence-electron chi connectivity index (χ4n) is 2.76. The molecule has 9 heteroatoms. The fourth-order valence-corrected chi connectivity index (χ4v) is 2.76. The number of para-hydroxylation sites is 1. The monoisotopic (exact) mass is 350 g/mol. The van der Waals surface area contributed by atoms with Gasteiger partial charge in [-0.3, -0.25) is 9.59 Å². The van der Waals surface area contributed by atoms with E-state index in [1.165, 1.54) is 0 Å². The standard InChI is InChI=1S/C17H14N6O3/c24-13-8-11(10-4-1-2-5-12(10)21-13)17(25)20-9-14-22-16(23-26-14)15-18-6-3-7-19-15/h1-7,11H,8-9H2,(H,20,25)(H,21,24). The van der Waals surface area contributed by atoms with Gasteiger partial charge in [0.25, 0.3) is 0 Å². The van der Waals surface area contributed by atoms with Gasteiger partial charge in [0, 0.05) is 24.5 Å². The molecule has 9 nitrogen and oxygen atoms in total. The van der Waals surface area contributed by atoms with Crippen LogP contribution in [0.3, 0.4) is 0 Å².